The lowest BCUT2D eigenvalue weighted by Gasteiger charge is -2.06. The summed E-state index contributed by atoms with van der Waals surface area (Å²) in [6.07, 6.45) is 3.03. The van der Waals surface area contributed by atoms with E-state index in [9.17, 15) is 9.59 Å². The number of carbonyl (C=O) groups excluding carboxylic acids is 2. The predicted molar refractivity (Wildman–Crippen MR) is 105 cm³/mol. The minimum atomic E-state index is -0.0996. The Kier molecular flexibility index (Phi) is 5.40. The number of Topliss-reactive ketones (excluding diaryl/α,β-unsaturated/α-hetero) is 1. The summed E-state index contributed by atoms with van der Waals surface area (Å²) in [6, 6.07) is 24.7. The van der Waals surface area contributed by atoms with E-state index in [0.717, 1.165) is 11.1 Å². The van der Waals surface area contributed by atoms with Crippen LogP contribution in [-0.4, -0.2) is 11.6 Å². The van der Waals surface area contributed by atoms with Gasteiger partial charge in [0.1, 0.15) is 0 Å². The highest BCUT2D eigenvalue weighted by Gasteiger charge is 2.05. The number of anilines is 1. The smallest absolute Gasteiger partial charge is 0.187 e. The van der Waals surface area contributed by atoms with Gasteiger partial charge >= 0.3 is 0 Å². The average Bonchev–Trinajstić information content (AvgIpc) is 2.69. The summed E-state index contributed by atoms with van der Waals surface area (Å²) in [7, 11) is 0. The molecule has 0 saturated heterocycles. The van der Waals surface area contributed by atoms with Gasteiger partial charge in [-0.05, 0) is 30.2 Å². The average molecular weight is 341 g/mol. The highest BCUT2D eigenvalue weighted by atomic mass is 16.1. The zero-order chi connectivity index (χ0) is 18.4. The lowest BCUT2D eigenvalue weighted by molar-refractivity contribution is 0.101. The van der Waals surface area contributed by atoms with Crippen molar-refractivity contribution in [2.75, 3.05) is 5.32 Å². The van der Waals surface area contributed by atoms with Gasteiger partial charge in [0.15, 0.2) is 11.6 Å². The summed E-state index contributed by atoms with van der Waals surface area (Å²) in [5.41, 5.74) is 4.08. The maximum atomic E-state index is 12.3. The Morgan fingerprint density at radius 2 is 1.38 bits per heavy atom. The van der Waals surface area contributed by atoms with E-state index < -0.39 is 0 Å². The van der Waals surface area contributed by atoms with E-state index >= 15 is 0 Å². The van der Waals surface area contributed by atoms with E-state index in [1.54, 1.807) is 18.3 Å². The van der Waals surface area contributed by atoms with Gasteiger partial charge in [-0.3, -0.25) is 9.59 Å². The molecule has 3 rings (SSSR count). The van der Waals surface area contributed by atoms with Gasteiger partial charge in [0.05, 0.1) is 0 Å². The van der Waals surface area contributed by atoms with Crippen LogP contribution in [0.4, 0.5) is 5.69 Å². The van der Waals surface area contributed by atoms with Gasteiger partial charge in [-0.25, -0.2) is 0 Å². The van der Waals surface area contributed by atoms with Crippen molar-refractivity contribution in [3.63, 3.8) is 0 Å². The Labute approximate surface area is 153 Å². The molecule has 0 amide bonds. The standard InChI is InChI=1S/C23H19NO2/c1-17(25)21-9-5-6-10-22(21)24-16-15-23(26)20-13-11-19(12-14-20)18-7-3-2-4-8-18/h2-16,24H,1H3/b16-15+. The molecule has 0 spiro atoms. The van der Waals surface area contributed by atoms with Crippen molar-refractivity contribution >= 4 is 17.3 Å². The molecule has 128 valence electrons. The molecule has 0 radical (unpaired) electrons. The number of ketones is 2. The molecular formula is C23H19NO2. The number of para-hydroxylation sites is 1. The topological polar surface area (TPSA) is 46.2 Å². The van der Waals surface area contributed by atoms with Crippen LogP contribution in [0.1, 0.15) is 27.6 Å². The Bertz CT molecular complexity index is 941. The fourth-order valence-electron chi connectivity index (χ4n) is 2.68. The molecule has 0 unspecified atom stereocenters. The molecule has 0 saturated carbocycles. The molecule has 3 heteroatoms. The predicted octanol–water partition coefficient (Wildman–Crippen LogP) is 5.36. The van der Waals surface area contributed by atoms with Crippen LogP contribution in [0.25, 0.3) is 11.1 Å². The van der Waals surface area contributed by atoms with E-state index in [4.69, 9.17) is 0 Å². The van der Waals surface area contributed by atoms with Gasteiger partial charge in [0, 0.05) is 29.1 Å². The summed E-state index contributed by atoms with van der Waals surface area (Å²) >= 11 is 0. The number of nitrogens with one attached hydrogen (secondary N) is 1. The summed E-state index contributed by atoms with van der Waals surface area (Å²) in [5, 5.41) is 3.01. The molecule has 26 heavy (non-hydrogen) atoms. The Balaban J connectivity index is 1.69. The van der Waals surface area contributed by atoms with Gasteiger partial charge in [0.25, 0.3) is 0 Å². The van der Waals surface area contributed by atoms with Crippen LogP contribution in [0.15, 0.2) is 91.1 Å². The van der Waals surface area contributed by atoms with Crippen molar-refractivity contribution in [3.8, 4) is 11.1 Å². The number of benzene rings is 3. The van der Waals surface area contributed by atoms with Gasteiger partial charge in [0.2, 0.25) is 0 Å². The number of carbonyl (C=O) groups is 2. The van der Waals surface area contributed by atoms with Gasteiger partial charge in [-0.1, -0.05) is 66.7 Å². The van der Waals surface area contributed by atoms with Crippen LogP contribution in [-0.2, 0) is 0 Å². The number of hydrogen-bond acceptors (Lipinski definition) is 3. The molecule has 0 bridgehead atoms. The zero-order valence-corrected chi connectivity index (χ0v) is 14.5. The maximum absolute atomic E-state index is 12.3. The van der Waals surface area contributed by atoms with Crippen LogP contribution in [0.5, 0.6) is 0 Å². The van der Waals surface area contributed by atoms with Crippen LogP contribution in [0.2, 0.25) is 0 Å². The fraction of sp³-hybridized carbons (Fsp3) is 0.0435. The lowest BCUT2D eigenvalue weighted by atomic mass is 10.0. The molecule has 0 aliphatic rings. The molecule has 0 aromatic heterocycles. The third kappa shape index (κ3) is 4.14. The largest absolute Gasteiger partial charge is 0.361 e. The van der Waals surface area contributed by atoms with Crippen molar-refractivity contribution in [1.29, 1.82) is 0 Å². The molecule has 3 aromatic rings. The van der Waals surface area contributed by atoms with E-state index in [2.05, 4.69) is 5.32 Å². The minimum Gasteiger partial charge on any atom is -0.361 e. The molecule has 1 N–H and O–H groups in total. The molecule has 3 aromatic carbocycles. The van der Waals surface area contributed by atoms with Crippen LogP contribution < -0.4 is 5.32 Å². The third-order valence-electron chi connectivity index (χ3n) is 4.06. The van der Waals surface area contributed by atoms with Gasteiger partial charge in [-0.2, -0.15) is 0 Å². The lowest BCUT2D eigenvalue weighted by Crippen LogP contribution is -2.00. The first-order chi connectivity index (χ1) is 12.6. The summed E-state index contributed by atoms with van der Waals surface area (Å²) < 4.78 is 0. The Morgan fingerprint density at radius 3 is 2.08 bits per heavy atom. The van der Waals surface area contributed by atoms with Crippen molar-refractivity contribution in [2.24, 2.45) is 0 Å². The quantitative estimate of drug-likeness (QED) is 0.484. The third-order valence-corrected chi connectivity index (χ3v) is 4.06. The first-order valence-electron chi connectivity index (χ1n) is 8.38. The molecular weight excluding hydrogens is 322 g/mol. The van der Waals surface area contributed by atoms with E-state index in [1.165, 1.54) is 13.0 Å². The Morgan fingerprint density at radius 1 is 0.769 bits per heavy atom. The molecule has 0 aliphatic carbocycles. The van der Waals surface area contributed by atoms with Crippen LogP contribution in [0.3, 0.4) is 0 Å². The highest BCUT2D eigenvalue weighted by molar-refractivity contribution is 6.05. The molecule has 0 atom stereocenters. The molecule has 0 aliphatic heterocycles. The van der Waals surface area contributed by atoms with Gasteiger partial charge < -0.3 is 5.32 Å². The highest BCUT2D eigenvalue weighted by Crippen LogP contribution is 2.20. The van der Waals surface area contributed by atoms with E-state index in [1.807, 2.05) is 66.7 Å². The number of rotatable bonds is 6. The van der Waals surface area contributed by atoms with Gasteiger partial charge in [-0.15, -0.1) is 0 Å². The minimum absolute atomic E-state index is 0.0238. The Hall–Kier alpha value is -3.46. The van der Waals surface area contributed by atoms with Crippen molar-refractivity contribution in [3.05, 3.63) is 102 Å². The summed E-state index contributed by atoms with van der Waals surface area (Å²) in [4.78, 5) is 23.9. The van der Waals surface area contributed by atoms with Crippen molar-refractivity contribution in [2.45, 2.75) is 6.92 Å². The zero-order valence-electron chi connectivity index (χ0n) is 14.5. The summed E-state index contributed by atoms with van der Waals surface area (Å²) in [5.74, 6) is -0.123. The SMILES string of the molecule is CC(=O)c1ccccc1N/C=C/C(=O)c1ccc(-c2ccccc2)cc1. The van der Waals surface area contributed by atoms with Crippen LogP contribution >= 0.6 is 0 Å². The molecule has 0 fully saturated rings. The number of hydrogen-bond donors (Lipinski definition) is 1. The second kappa shape index (κ2) is 8.08. The maximum Gasteiger partial charge on any atom is 0.187 e. The van der Waals surface area contributed by atoms with E-state index in [0.29, 0.717) is 16.8 Å². The second-order valence-electron chi connectivity index (χ2n) is 5.89. The van der Waals surface area contributed by atoms with Crippen molar-refractivity contribution < 1.29 is 9.59 Å². The monoisotopic (exact) mass is 341 g/mol. The van der Waals surface area contributed by atoms with Crippen molar-refractivity contribution in [1.82, 2.24) is 0 Å². The van der Waals surface area contributed by atoms with E-state index in [-0.39, 0.29) is 11.6 Å². The molecule has 3 nitrogen and oxygen atoms in total. The fourth-order valence-corrected chi connectivity index (χ4v) is 2.68. The second-order valence-corrected chi connectivity index (χ2v) is 5.89. The number of allylic oxidation sites excluding steroid dienone is 1. The first-order valence-corrected chi connectivity index (χ1v) is 8.38. The van der Waals surface area contributed by atoms with Crippen LogP contribution in [0, 0.1) is 0 Å². The first kappa shape index (κ1) is 17.4. The normalized spacial score (nSPS) is 10.7. The molecule has 0 heterocycles. The summed E-state index contributed by atoms with van der Waals surface area (Å²) in [6.45, 7) is 1.52.